The first kappa shape index (κ1) is 15.0. The van der Waals surface area contributed by atoms with Gasteiger partial charge >= 0.3 is 5.97 Å². The Labute approximate surface area is 126 Å². The van der Waals surface area contributed by atoms with Crippen molar-refractivity contribution in [3.05, 3.63) is 28.5 Å². The number of hydrogen-bond acceptors (Lipinski definition) is 3. The van der Waals surface area contributed by atoms with E-state index in [9.17, 15) is 14.7 Å². The minimum atomic E-state index is -0.843. The van der Waals surface area contributed by atoms with Crippen LogP contribution in [0.15, 0.2) is 22.9 Å². The number of likely N-dealkylation sites (tertiary alicyclic amines) is 1. The highest BCUT2D eigenvalue weighted by atomic mass is 79.9. The van der Waals surface area contributed by atoms with Gasteiger partial charge in [0.05, 0.1) is 11.0 Å². The van der Waals surface area contributed by atoms with E-state index in [1.807, 2.05) is 13.8 Å². The summed E-state index contributed by atoms with van der Waals surface area (Å²) in [5.74, 6) is -1.02. The van der Waals surface area contributed by atoms with Gasteiger partial charge in [-0.05, 0) is 40.4 Å². The predicted octanol–water partition coefficient (Wildman–Crippen LogP) is 2.42. The summed E-state index contributed by atoms with van der Waals surface area (Å²) in [4.78, 5) is 29.7. The topological polar surface area (TPSA) is 70.5 Å². The molecule has 1 atom stereocenters. The van der Waals surface area contributed by atoms with Gasteiger partial charge in [0.2, 0.25) is 0 Å². The molecule has 0 spiro atoms. The number of carboxylic acids is 1. The second-order valence-electron chi connectivity index (χ2n) is 5.43. The van der Waals surface area contributed by atoms with Crippen LogP contribution in [0, 0.1) is 11.3 Å². The number of halogens is 1. The largest absolute Gasteiger partial charge is 0.481 e. The van der Waals surface area contributed by atoms with E-state index in [-0.39, 0.29) is 18.4 Å². The van der Waals surface area contributed by atoms with Crippen molar-refractivity contribution in [2.45, 2.75) is 20.3 Å². The van der Waals surface area contributed by atoms with Crippen molar-refractivity contribution in [2.24, 2.45) is 11.3 Å². The second-order valence-corrected chi connectivity index (χ2v) is 6.19. The van der Waals surface area contributed by atoms with Crippen LogP contribution in [0.1, 0.15) is 30.6 Å². The van der Waals surface area contributed by atoms with Gasteiger partial charge in [0, 0.05) is 19.3 Å². The van der Waals surface area contributed by atoms with Crippen molar-refractivity contribution >= 4 is 27.8 Å². The lowest BCUT2D eigenvalue weighted by molar-refractivity contribution is -0.150. The molecule has 1 aliphatic rings. The fourth-order valence-electron chi connectivity index (χ4n) is 2.62. The van der Waals surface area contributed by atoms with Crippen LogP contribution in [0.3, 0.4) is 0 Å². The standard InChI is InChI=1S/C14H17BrN2O3/c1-9(2)14(13(19)20)5-7-17(8-14)12(18)10-4-3-6-16-11(10)15/h3-4,6,9H,5,7-8H2,1-2H3,(H,19,20). The fraction of sp³-hybridized carbons (Fsp3) is 0.500. The van der Waals surface area contributed by atoms with Crippen molar-refractivity contribution < 1.29 is 14.7 Å². The van der Waals surface area contributed by atoms with Gasteiger partial charge in [-0.2, -0.15) is 0 Å². The molecule has 5 nitrogen and oxygen atoms in total. The molecule has 0 saturated carbocycles. The third kappa shape index (κ3) is 2.44. The molecule has 2 rings (SSSR count). The molecular formula is C14H17BrN2O3. The number of rotatable bonds is 3. The number of amides is 1. The van der Waals surface area contributed by atoms with Crippen molar-refractivity contribution in [3.63, 3.8) is 0 Å². The van der Waals surface area contributed by atoms with E-state index in [0.717, 1.165) is 0 Å². The maximum atomic E-state index is 12.5. The summed E-state index contributed by atoms with van der Waals surface area (Å²) in [6.07, 6.45) is 2.09. The molecular weight excluding hydrogens is 324 g/mol. The zero-order chi connectivity index (χ0) is 14.9. The predicted molar refractivity (Wildman–Crippen MR) is 77.4 cm³/mol. The summed E-state index contributed by atoms with van der Waals surface area (Å²) in [5, 5.41) is 9.50. The Morgan fingerprint density at radius 2 is 2.20 bits per heavy atom. The maximum Gasteiger partial charge on any atom is 0.311 e. The van der Waals surface area contributed by atoms with Crippen LogP contribution in [0.25, 0.3) is 0 Å². The SMILES string of the molecule is CC(C)C1(C(=O)O)CCN(C(=O)c2cccnc2Br)C1. The Kier molecular flexibility index (Phi) is 4.13. The fourth-order valence-corrected chi connectivity index (χ4v) is 3.04. The van der Waals surface area contributed by atoms with E-state index in [0.29, 0.717) is 23.1 Å². The summed E-state index contributed by atoms with van der Waals surface area (Å²) in [7, 11) is 0. The number of hydrogen-bond donors (Lipinski definition) is 1. The average Bonchev–Trinajstić information content (AvgIpc) is 2.85. The van der Waals surface area contributed by atoms with Gasteiger partial charge in [-0.1, -0.05) is 13.8 Å². The Hall–Kier alpha value is -1.43. The molecule has 1 aromatic heterocycles. The van der Waals surface area contributed by atoms with E-state index < -0.39 is 11.4 Å². The van der Waals surface area contributed by atoms with E-state index in [1.54, 1.807) is 23.2 Å². The molecule has 2 heterocycles. The van der Waals surface area contributed by atoms with Crippen molar-refractivity contribution in [1.82, 2.24) is 9.88 Å². The lowest BCUT2D eigenvalue weighted by Crippen LogP contribution is -2.40. The van der Waals surface area contributed by atoms with Gasteiger partial charge in [0.15, 0.2) is 0 Å². The smallest absolute Gasteiger partial charge is 0.311 e. The van der Waals surface area contributed by atoms with Gasteiger partial charge in [0.25, 0.3) is 5.91 Å². The molecule has 0 bridgehead atoms. The van der Waals surface area contributed by atoms with Gasteiger partial charge in [0.1, 0.15) is 4.60 Å². The third-order valence-corrected chi connectivity index (χ3v) is 4.74. The van der Waals surface area contributed by atoms with Crippen LogP contribution >= 0.6 is 15.9 Å². The Morgan fingerprint density at radius 1 is 1.50 bits per heavy atom. The molecule has 0 aromatic carbocycles. The summed E-state index contributed by atoms with van der Waals surface area (Å²) < 4.78 is 0.488. The van der Waals surface area contributed by atoms with E-state index >= 15 is 0 Å². The molecule has 1 aliphatic heterocycles. The number of nitrogens with zero attached hydrogens (tertiary/aromatic N) is 2. The summed E-state index contributed by atoms with van der Waals surface area (Å²) in [6.45, 7) is 4.50. The minimum Gasteiger partial charge on any atom is -0.481 e. The molecule has 1 aromatic rings. The maximum absolute atomic E-state index is 12.5. The van der Waals surface area contributed by atoms with Gasteiger partial charge < -0.3 is 10.0 Å². The number of carbonyl (C=O) groups is 2. The van der Waals surface area contributed by atoms with Gasteiger partial charge in [-0.15, -0.1) is 0 Å². The van der Waals surface area contributed by atoms with Gasteiger partial charge in [-0.25, -0.2) is 4.98 Å². The highest BCUT2D eigenvalue weighted by Crippen LogP contribution is 2.38. The monoisotopic (exact) mass is 340 g/mol. The molecule has 1 unspecified atom stereocenters. The van der Waals surface area contributed by atoms with E-state index in [4.69, 9.17) is 0 Å². The highest BCUT2D eigenvalue weighted by molar-refractivity contribution is 9.10. The van der Waals surface area contributed by atoms with E-state index in [1.165, 1.54) is 0 Å². The normalized spacial score (nSPS) is 22.3. The Morgan fingerprint density at radius 3 is 2.70 bits per heavy atom. The zero-order valence-corrected chi connectivity index (χ0v) is 13.1. The lowest BCUT2D eigenvalue weighted by Gasteiger charge is -2.28. The second kappa shape index (κ2) is 5.52. The summed E-state index contributed by atoms with van der Waals surface area (Å²) in [6, 6.07) is 3.39. The average molecular weight is 341 g/mol. The molecule has 20 heavy (non-hydrogen) atoms. The first-order valence-corrected chi connectivity index (χ1v) is 7.31. The molecule has 1 saturated heterocycles. The van der Waals surface area contributed by atoms with E-state index in [2.05, 4.69) is 20.9 Å². The number of aliphatic carboxylic acids is 1. The van der Waals surface area contributed by atoms with Crippen LogP contribution in [-0.2, 0) is 4.79 Å². The first-order chi connectivity index (χ1) is 9.38. The quantitative estimate of drug-likeness (QED) is 0.857. The molecule has 0 aliphatic carbocycles. The number of carboxylic acid groups (broad SMARTS) is 1. The first-order valence-electron chi connectivity index (χ1n) is 6.51. The highest BCUT2D eigenvalue weighted by Gasteiger charge is 2.48. The molecule has 1 N–H and O–H groups in total. The summed E-state index contributed by atoms with van der Waals surface area (Å²) in [5.41, 5.74) is -0.373. The third-order valence-electron chi connectivity index (χ3n) is 4.11. The number of pyridine rings is 1. The molecule has 6 heteroatoms. The van der Waals surface area contributed by atoms with Crippen LogP contribution in [-0.4, -0.2) is 40.0 Å². The molecule has 108 valence electrons. The van der Waals surface area contributed by atoms with Crippen LogP contribution < -0.4 is 0 Å². The zero-order valence-electron chi connectivity index (χ0n) is 11.5. The molecule has 0 radical (unpaired) electrons. The Balaban J connectivity index is 2.23. The van der Waals surface area contributed by atoms with Crippen molar-refractivity contribution in [1.29, 1.82) is 0 Å². The minimum absolute atomic E-state index is 0.0184. The van der Waals surface area contributed by atoms with Crippen LogP contribution in [0.4, 0.5) is 0 Å². The molecule has 1 amide bonds. The van der Waals surface area contributed by atoms with Gasteiger partial charge in [-0.3, -0.25) is 9.59 Å². The Bertz CT molecular complexity index is 547. The number of aromatic nitrogens is 1. The van der Waals surface area contributed by atoms with Crippen molar-refractivity contribution in [2.75, 3.05) is 13.1 Å². The van der Waals surface area contributed by atoms with Crippen LogP contribution in [0.2, 0.25) is 0 Å². The van der Waals surface area contributed by atoms with Crippen molar-refractivity contribution in [3.8, 4) is 0 Å². The number of carbonyl (C=O) groups excluding carboxylic acids is 1. The lowest BCUT2D eigenvalue weighted by atomic mass is 9.76. The molecule has 1 fully saturated rings. The van der Waals surface area contributed by atoms with Crippen LogP contribution in [0.5, 0.6) is 0 Å². The summed E-state index contributed by atoms with van der Waals surface area (Å²) >= 11 is 3.26.